The van der Waals surface area contributed by atoms with Crippen LogP contribution >= 0.6 is 0 Å². The molecule has 0 fully saturated rings. The summed E-state index contributed by atoms with van der Waals surface area (Å²) in [5, 5.41) is 6.30. The SMILES string of the molecule is CC(=O)c1c(-c2ccc(F)cc2)c(-c2ccc(F)cc2)n[nH]c1=O. The molecule has 0 atom stereocenters. The molecule has 0 spiro atoms. The maximum absolute atomic E-state index is 13.2. The van der Waals surface area contributed by atoms with Crippen LogP contribution in [0.15, 0.2) is 53.3 Å². The Morgan fingerprint density at radius 1 is 0.917 bits per heavy atom. The Morgan fingerprint density at radius 3 is 1.92 bits per heavy atom. The molecule has 0 bridgehead atoms. The fraction of sp³-hybridized carbons (Fsp3) is 0.0556. The van der Waals surface area contributed by atoms with Crippen LogP contribution in [0.3, 0.4) is 0 Å². The molecule has 0 saturated carbocycles. The van der Waals surface area contributed by atoms with Gasteiger partial charge in [0, 0.05) is 11.1 Å². The summed E-state index contributed by atoms with van der Waals surface area (Å²) < 4.78 is 26.4. The monoisotopic (exact) mass is 326 g/mol. The lowest BCUT2D eigenvalue weighted by molar-refractivity contribution is 0.101. The van der Waals surface area contributed by atoms with Crippen LogP contribution in [0.25, 0.3) is 22.4 Å². The van der Waals surface area contributed by atoms with Crippen molar-refractivity contribution >= 4 is 5.78 Å². The molecule has 1 N–H and O–H groups in total. The number of carbonyl (C=O) groups is 1. The van der Waals surface area contributed by atoms with Crippen molar-refractivity contribution in [3.63, 3.8) is 0 Å². The molecule has 6 heteroatoms. The van der Waals surface area contributed by atoms with Gasteiger partial charge in [-0.1, -0.05) is 12.1 Å². The van der Waals surface area contributed by atoms with Crippen LogP contribution in [0.4, 0.5) is 8.78 Å². The fourth-order valence-corrected chi connectivity index (χ4v) is 2.50. The van der Waals surface area contributed by atoms with E-state index in [9.17, 15) is 18.4 Å². The molecule has 0 aliphatic heterocycles. The summed E-state index contributed by atoms with van der Waals surface area (Å²) >= 11 is 0. The number of nitrogens with zero attached hydrogens (tertiary/aromatic N) is 1. The topological polar surface area (TPSA) is 62.8 Å². The Hall–Kier alpha value is -3.15. The van der Waals surface area contributed by atoms with Gasteiger partial charge in [-0.15, -0.1) is 0 Å². The maximum Gasteiger partial charge on any atom is 0.275 e. The molecule has 0 aliphatic carbocycles. The lowest BCUT2D eigenvalue weighted by atomic mass is 9.94. The molecule has 0 amide bonds. The minimum Gasteiger partial charge on any atom is -0.294 e. The standard InChI is InChI=1S/C18H12F2N2O2/c1-10(23)15-16(11-2-6-13(19)7-3-11)17(21-22-18(15)24)12-4-8-14(20)9-5-12/h2-9H,1H3,(H,22,24). The Labute approximate surface area is 135 Å². The van der Waals surface area contributed by atoms with Gasteiger partial charge < -0.3 is 0 Å². The fourth-order valence-electron chi connectivity index (χ4n) is 2.50. The van der Waals surface area contributed by atoms with Gasteiger partial charge >= 0.3 is 0 Å². The molecular weight excluding hydrogens is 314 g/mol. The van der Waals surface area contributed by atoms with Gasteiger partial charge in [0.25, 0.3) is 5.56 Å². The average Bonchev–Trinajstić information content (AvgIpc) is 2.56. The molecule has 3 rings (SSSR count). The van der Waals surface area contributed by atoms with Gasteiger partial charge in [-0.2, -0.15) is 5.10 Å². The van der Waals surface area contributed by atoms with E-state index in [4.69, 9.17) is 0 Å². The van der Waals surface area contributed by atoms with E-state index < -0.39 is 23.0 Å². The first kappa shape index (κ1) is 15.7. The highest BCUT2D eigenvalue weighted by Gasteiger charge is 2.20. The second-order valence-corrected chi connectivity index (χ2v) is 5.22. The highest BCUT2D eigenvalue weighted by molar-refractivity contribution is 6.03. The smallest absolute Gasteiger partial charge is 0.275 e. The average molecular weight is 326 g/mol. The summed E-state index contributed by atoms with van der Waals surface area (Å²) in [5.74, 6) is -1.30. The molecule has 1 aromatic heterocycles. The molecule has 3 aromatic rings. The normalized spacial score (nSPS) is 10.6. The molecule has 24 heavy (non-hydrogen) atoms. The van der Waals surface area contributed by atoms with Crippen molar-refractivity contribution in [1.29, 1.82) is 0 Å². The van der Waals surface area contributed by atoms with Crippen molar-refractivity contribution in [1.82, 2.24) is 10.2 Å². The second-order valence-electron chi connectivity index (χ2n) is 5.22. The largest absolute Gasteiger partial charge is 0.294 e. The van der Waals surface area contributed by atoms with Crippen LogP contribution in [0.1, 0.15) is 17.3 Å². The number of ketones is 1. The van der Waals surface area contributed by atoms with Gasteiger partial charge in [0.15, 0.2) is 5.78 Å². The minimum atomic E-state index is -0.632. The van der Waals surface area contributed by atoms with E-state index >= 15 is 0 Å². The quantitative estimate of drug-likeness (QED) is 0.748. The molecule has 2 aromatic carbocycles. The molecule has 0 unspecified atom stereocenters. The molecule has 4 nitrogen and oxygen atoms in total. The second kappa shape index (κ2) is 6.16. The van der Waals surface area contributed by atoms with Gasteiger partial charge in [0.2, 0.25) is 0 Å². The van der Waals surface area contributed by atoms with Gasteiger partial charge in [-0.3, -0.25) is 9.59 Å². The summed E-state index contributed by atoms with van der Waals surface area (Å²) in [7, 11) is 0. The predicted octanol–water partition coefficient (Wildman–Crippen LogP) is 3.58. The molecular formula is C18H12F2N2O2. The summed E-state index contributed by atoms with van der Waals surface area (Å²) in [6, 6.07) is 10.9. The summed E-state index contributed by atoms with van der Waals surface area (Å²) in [6.07, 6.45) is 0. The number of aromatic nitrogens is 2. The van der Waals surface area contributed by atoms with Crippen LogP contribution in [0.5, 0.6) is 0 Å². The number of nitrogens with one attached hydrogen (secondary N) is 1. The number of rotatable bonds is 3. The minimum absolute atomic E-state index is 0.0732. The summed E-state index contributed by atoms with van der Waals surface area (Å²) in [6.45, 7) is 1.27. The lowest BCUT2D eigenvalue weighted by Crippen LogP contribution is -2.20. The Morgan fingerprint density at radius 2 is 1.42 bits per heavy atom. The summed E-state index contributed by atoms with van der Waals surface area (Å²) in [5.41, 5.74) is 0.891. The summed E-state index contributed by atoms with van der Waals surface area (Å²) in [4.78, 5) is 24.1. The number of H-pyrrole nitrogens is 1. The van der Waals surface area contributed by atoms with Crippen LogP contribution in [0, 0.1) is 11.6 Å². The van der Waals surface area contributed by atoms with Crippen molar-refractivity contribution in [2.24, 2.45) is 0 Å². The van der Waals surface area contributed by atoms with E-state index in [1.54, 1.807) is 0 Å². The Kier molecular flexibility index (Phi) is 4.04. The van der Waals surface area contributed by atoms with E-state index in [2.05, 4.69) is 10.2 Å². The first-order valence-corrected chi connectivity index (χ1v) is 7.13. The van der Waals surface area contributed by atoms with E-state index in [1.165, 1.54) is 55.5 Å². The van der Waals surface area contributed by atoms with Crippen molar-refractivity contribution in [3.05, 3.63) is 76.1 Å². The van der Waals surface area contributed by atoms with Gasteiger partial charge in [-0.25, -0.2) is 13.9 Å². The first-order chi connectivity index (χ1) is 11.5. The molecule has 0 saturated heterocycles. The third-order valence-corrected chi connectivity index (χ3v) is 3.59. The van der Waals surface area contributed by atoms with Crippen molar-refractivity contribution in [3.8, 4) is 22.4 Å². The van der Waals surface area contributed by atoms with E-state index in [0.29, 0.717) is 16.8 Å². The van der Waals surface area contributed by atoms with E-state index in [-0.39, 0.29) is 11.1 Å². The molecule has 0 radical (unpaired) electrons. The van der Waals surface area contributed by atoms with Crippen LogP contribution < -0.4 is 5.56 Å². The van der Waals surface area contributed by atoms with Crippen molar-refractivity contribution in [2.75, 3.05) is 0 Å². The predicted molar refractivity (Wildman–Crippen MR) is 85.7 cm³/mol. The number of Topliss-reactive ketones (excluding diaryl/α,β-unsaturated/α-hetero) is 1. The van der Waals surface area contributed by atoms with Gasteiger partial charge in [-0.05, 0) is 48.9 Å². The van der Waals surface area contributed by atoms with Gasteiger partial charge in [0.1, 0.15) is 11.6 Å². The van der Waals surface area contributed by atoms with Crippen molar-refractivity contribution in [2.45, 2.75) is 6.92 Å². The van der Waals surface area contributed by atoms with Crippen molar-refractivity contribution < 1.29 is 13.6 Å². The lowest BCUT2D eigenvalue weighted by Gasteiger charge is -2.12. The molecule has 0 aliphatic rings. The highest BCUT2D eigenvalue weighted by Crippen LogP contribution is 2.32. The zero-order valence-corrected chi connectivity index (χ0v) is 12.6. The zero-order chi connectivity index (χ0) is 17.3. The number of halogens is 2. The Balaban J connectivity index is 2.35. The third kappa shape index (κ3) is 2.86. The number of benzene rings is 2. The Bertz CT molecular complexity index is 962. The number of carbonyl (C=O) groups excluding carboxylic acids is 1. The molecule has 1 heterocycles. The first-order valence-electron chi connectivity index (χ1n) is 7.13. The zero-order valence-electron chi connectivity index (χ0n) is 12.6. The third-order valence-electron chi connectivity index (χ3n) is 3.59. The van der Waals surface area contributed by atoms with Gasteiger partial charge in [0.05, 0.1) is 11.3 Å². The molecule has 120 valence electrons. The number of aromatic amines is 1. The maximum atomic E-state index is 13.2. The van der Waals surface area contributed by atoms with Crippen LogP contribution in [-0.2, 0) is 0 Å². The van der Waals surface area contributed by atoms with Crippen LogP contribution in [0.2, 0.25) is 0 Å². The van der Waals surface area contributed by atoms with E-state index in [0.717, 1.165) is 0 Å². The number of hydrogen-bond donors (Lipinski definition) is 1. The number of hydrogen-bond acceptors (Lipinski definition) is 3. The highest BCUT2D eigenvalue weighted by atomic mass is 19.1. The van der Waals surface area contributed by atoms with E-state index in [1.807, 2.05) is 0 Å². The van der Waals surface area contributed by atoms with Crippen LogP contribution in [-0.4, -0.2) is 16.0 Å².